The van der Waals surface area contributed by atoms with Crippen LogP contribution in [0.1, 0.15) is 24.2 Å². The van der Waals surface area contributed by atoms with Gasteiger partial charge in [0.2, 0.25) is 0 Å². The molecular formula is C13H15FN2O. The van der Waals surface area contributed by atoms with E-state index in [1.807, 2.05) is 13.1 Å². The third kappa shape index (κ3) is 2.91. The predicted molar refractivity (Wildman–Crippen MR) is 63.0 cm³/mol. The van der Waals surface area contributed by atoms with Gasteiger partial charge in [-0.25, -0.2) is 4.39 Å². The summed E-state index contributed by atoms with van der Waals surface area (Å²) in [5, 5.41) is 14.1. The highest BCUT2D eigenvalue weighted by Crippen LogP contribution is 2.18. The molecule has 0 saturated carbocycles. The van der Waals surface area contributed by atoms with E-state index in [0.717, 1.165) is 12.1 Å². The largest absolute Gasteiger partial charge is 0.388 e. The lowest BCUT2D eigenvalue weighted by molar-refractivity contribution is 0.178. The summed E-state index contributed by atoms with van der Waals surface area (Å²) in [7, 11) is 0. The summed E-state index contributed by atoms with van der Waals surface area (Å²) in [6.45, 7) is 2.80. The minimum atomic E-state index is -0.694. The number of hydrogen-bond acceptors (Lipinski definition) is 2. The fourth-order valence-corrected chi connectivity index (χ4v) is 1.74. The maximum absolute atomic E-state index is 13.0. The van der Waals surface area contributed by atoms with E-state index in [0.29, 0.717) is 12.0 Å². The first-order valence-corrected chi connectivity index (χ1v) is 5.64. The van der Waals surface area contributed by atoms with E-state index in [2.05, 4.69) is 5.10 Å². The molecule has 1 heterocycles. The van der Waals surface area contributed by atoms with E-state index >= 15 is 0 Å². The van der Waals surface area contributed by atoms with E-state index in [1.165, 1.54) is 12.1 Å². The molecule has 1 unspecified atom stereocenters. The first kappa shape index (κ1) is 11.8. The number of halogens is 1. The summed E-state index contributed by atoms with van der Waals surface area (Å²) in [5.74, 6) is -0.328. The number of aromatic nitrogens is 2. The summed E-state index contributed by atoms with van der Waals surface area (Å²) in [6, 6.07) is 6.04. The third-order valence-electron chi connectivity index (χ3n) is 2.67. The number of aliphatic hydroxyl groups is 1. The van der Waals surface area contributed by atoms with Gasteiger partial charge in [-0.15, -0.1) is 0 Å². The molecule has 4 heteroatoms. The summed E-state index contributed by atoms with van der Waals surface area (Å²) >= 11 is 0. The van der Waals surface area contributed by atoms with Gasteiger partial charge in [-0.2, -0.15) is 5.10 Å². The van der Waals surface area contributed by atoms with Gasteiger partial charge in [0.1, 0.15) is 5.82 Å². The highest BCUT2D eigenvalue weighted by molar-refractivity contribution is 5.21. The van der Waals surface area contributed by atoms with Gasteiger partial charge < -0.3 is 5.11 Å². The topological polar surface area (TPSA) is 38.0 Å². The van der Waals surface area contributed by atoms with Crippen LogP contribution in [0, 0.1) is 5.82 Å². The van der Waals surface area contributed by atoms with Crippen molar-refractivity contribution >= 4 is 0 Å². The second kappa shape index (κ2) is 5.10. The first-order chi connectivity index (χ1) is 8.19. The molecule has 0 aliphatic heterocycles. The van der Waals surface area contributed by atoms with Crippen LogP contribution < -0.4 is 0 Å². The fraction of sp³-hybridized carbons (Fsp3) is 0.308. The molecule has 0 fully saturated rings. The van der Waals surface area contributed by atoms with Crippen LogP contribution in [-0.2, 0) is 13.0 Å². The number of rotatable bonds is 4. The van der Waals surface area contributed by atoms with Crippen LogP contribution in [0.25, 0.3) is 0 Å². The maximum Gasteiger partial charge on any atom is 0.123 e. The van der Waals surface area contributed by atoms with Crippen molar-refractivity contribution in [1.82, 2.24) is 9.78 Å². The number of hydrogen-bond donors (Lipinski definition) is 1. The Kier molecular flexibility index (Phi) is 3.54. The van der Waals surface area contributed by atoms with Crippen molar-refractivity contribution in [2.45, 2.75) is 26.0 Å². The Morgan fingerprint density at radius 3 is 2.94 bits per heavy atom. The molecule has 2 aromatic rings. The van der Waals surface area contributed by atoms with Crippen LogP contribution in [-0.4, -0.2) is 14.9 Å². The highest BCUT2D eigenvalue weighted by Gasteiger charge is 2.10. The van der Waals surface area contributed by atoms with Gasteiger partial charge in [0.05, 0.1) is 12.3 Å². The van der Waals surface area contributed by atoms with Gasteiger partial charge >= 0.3 is 0 Å². The minimum Gasteiger partial charge on any atom is -0.388 e. The number of aliphatic hydroxyl groups excluding tert-OH is 1. The fourth-order valence-electron chi connectivity index (χ4n) is 1.74. The van der Waals surface area contributed by atoms with Crippen molar-refractivity contribution in [2.24, 2.45) is 0 Å². The van der Waals surface area contributed by atoms with E-state index in [9.17, 15) is 9.50 Å². The summed E-state index contributed by atoms with van der Waals surface area (Å²) < 4.78 is 14.8. The molecule has 0 saturated heterocycles. The van der Waals surface area contributed by atoms with Gasteiger partial charge in [-0.3, -0.25) is 4.68 Å². The maximum atomic E-state index is 13.0. The molecule has 90 valence electrons. The van der Waals surface area contributed by atoms with Crippen LogP contribution >= 0.6 is 0 Å². The van der Waals surface area contributed by atoms with Crippen molar-refractivity contribution in [3.05, 3.63) is 53.6 Å². The molecule has 0 radical (unpaired) electrons. The lowest BCUT2D eigenvalue weighted by atomic mass is 10.0. The lowest BCUT2D eigenvalue weighted by Crippen LogP contribution is -2.01. The van der Waals surface area contributed by atoms with Gasteiger partial charge in [0, 0.05) is 19.2 Å². The Morgan fingerprint density at radius 2 is 2.29 bits per heavy atom. The standard InChI is InChI=1S/C13H15FN2O/c1-2-16-9-10(8-15-16)6-13(17)11-4-3-5-12(14)7-11/h3-5,7-9,13,17H,2,6H2,1H3. The Balaban J connectivity index is 2.08. The minimum absolute atomic E-state index is 0.328. The van der Waals surface area contributed by atoms with Crippen LogP contribution in [0.3, 0.4) is 0 Å². The van der Waals surface area contributed by atoms with Crippen LogP contribution in [0.2, 0.25) is 0 Å². The number of benzene rings is 1. The Bertz CT molecular complexity index is 496. The quantitative estimate of drug-likeness (QED) is 0.881. The van der Waals surface area contributed by atoms with Gasteiger partial charge in [-0.05, 0) is 30.2 Å². The molecule has 2 rings (SSSR count). The molecule has 0 aliphatic rings. The molecule has 17 heavy (non-hydrogen) atoms. The van der Waals surface area contributed by atoms with E-state index in [1.54, 1.807) is 23.0 Å². The van der Waals surface area contributed by atoms with Crippen molar-refractivity contribution < 1.29 is 9.50 Å². The molecule has 1 aromatic carbocycles. The second-order valence-corrected chi connectivity index (χ2v) is 3.98. The molecule has 0 aliphatic carbocycles. The zero-order valence-corrected chi connectivity index (χ0v) is 9.68. The Labute approximate surface area is 99.5 Å². The molecule has 1 aromatic heterocycles. The first-order valence-electron chi connectivity index (χ1n) is 5.64. The van der Waals surface area contributed by atoms with Crippen molar-refractivity contribution in [3.8, 4) is 0 Å². The molecule has 0 spiro atoms. The molecule has 0 amide bonds. The Morgan fingerprint density at radius 1 is 1.47 bits per heavy atom. The summed E-state index contributed by atoms with van der Waals surface area (Å²) in [6.07, 6.45) is 3.37. The monoisotopic (exact) mass is 234 g/mol. The van der Waals surface area contributed by atoms with Crippen LogP contribution in [0.4, 0.5) is 4.39 Å². The zero-order valence-electron chi connectivity index (χ0n) is 9.68. The van der Waals surface area contributed by atoms with Crippen molar-refractivity contribution in [1.29, 1.82) is 0 Å². The molecule has 1 N–H and O–H groups in total. The molecule has 3 nitrogen and oxygen atoms in total. The normalized spacial score (nSPS) is 12.6. The smallest absolute Gasteiger partial charge is 0.123 e. The van der Waals surface area contributed by atoms with Crippen molar-refractivity contribution in [3.63, 3.8) is 0 Å². The highest BCUT2D eigenvalue weighted by atomic mass is 19.1. The average Bonchev–Trinajstić information content (AvgIpc) is 2.77. The van der Waals surface area contributed by atoms with Crippen LogP contribution in [0.15, 0.2) is 36.7 Å². The number of nitrogens with zero attached hydrogens (tertiary/aromatic N) is 2. The van der Waals surface area contributed by atoms with Gasteiger partial charge in [0.25, 0.3) is 0 Å². The van der Waals surface area contributed by atoms with Crippen LogP contribution in [0.5, 0.6) is 0 Å². The predicted octanol–water partition coefficient (Wildman–Crippen LogP) is 2.32. The van der Waals surface area contributed by atoms with E-state index in [-0.39, 0.29) is 5.82 Å². The second-order valence-electron chi connectivity index (χ2n) is 3.98. The third-order valence-corrected chi connectivity index (χ3v) is 2.67. The SMILES string of the molecule is CCn1cc(CC(O)c2cccc(F)c2)cn1. The lowest BCUT2D eigenvalue weighted by Gasteiger charge is -2.09. The van der Waals surface area contributed by atoms with Gasteiger partial charge in [-0.1, -0.05) is 12.1 Å². The molecular weight excluding hydrogens is 219 g/mol. The Hall–Kier alpha value is -1.68. The van der Waals surface area contributed by atoms with Gasteiger partial charge in [0.15, 0.2) is 0 Å². The zero-order chi connectivity index (χ0) is 12.3. The molecule has 0 bridgehead atoms. The van der Waals surface area contributed by atoms with E-state index < -0.39 is 6.10 Å². The van der Waals surface area contributed by atoms with E-state index in [4.69, 9.17) is 0 Å². The molecule has 1 atom stereocenters. The average molecular weight is 234 g/mol. The van der Waals surface area contributed by atoms with Crippen molar-refractivity contribution in [2.75, 3.05) is 0 Å². The number of aryl methyl sites for hydroxylation is 1. The summed E-state index contributed by atoms with van der Waals surface area (Å²) in [4.78, 5) is 0. The summed E-state index contributed by atoms with van der Waals surface area (Å²) in [5.41, 5.74) is 1.54.